The van der Waals surface area contributed by atoms with E-state index in [1.54, 1.807) is 18.2 Å². The lowest BCUT2D eigenvalue weighted by Crippen LogP contribution is -2.35. The average Bonchev–Trinajstić information content (AvgIpc) is 2.83. The summed E-state index contributed by atoms with van der Waals surface area (Å²) in [7, 11) is 0. The van der Waals surface area contributed by atoms with Crippen LogP contribution in [0.4, 0.5) is 5.69 Å². The third kappa shape index (κ3) is 3.88. The first-order valence-electron chi connectivity index (χ1n) is 8.05. The highest BCUT2D eigenvalue weighted by atomic mass is 16.5. The van der Waals surface area contributed by atoms with Crippen molar-refractivity contribution in [3.05, 3.63) is 65.7 Å². The molecule has 5 heteroatoms. The molecule has 1 N–H and O–H groups in total. The molecule has 25 heavy (non-hydrogen) atoms. The number of nitrogens with zero attached hydrogens (tertiary/aromatic N) is 1. The normalized spacial score (nSPS) is 16.3. The first kappa shape index (κ1) is 16.8. The summed E-state index contributed by atoms with van der Waals surface area (Å²) in [5, 5.41) is 1.25. The second-order valence-corrected chi connectivity index (χ2v) is 6.76. The van der Waals surface area contributed by atoms with Gasteiger partial charge < -0.3 is 4.74 Å². The molecule has 0 radical (unpaired) electrons. The van der Waals surface area contributed by atoms with Gasteiger partial charge in [0.15, 0.2) is 0 Å². The fourth-order valence-corrected chi connectivity index (χ4v) is 2.50. The third-order valence-electron chi connectivity index (χ3n) is 3.50. The van der Waals surface area contributed by atoms with Crippen molar-refractivity contribution in [1.82, 2.24) is 5.43 Å². The molecule has 1 heterocycles. The molecule has 3 rings (SSSR count). The van der Waals surface area contributed by atoms with Gasteiger partial charge in [-0.3, -0.25) is 15.0 Å². The topological polar surface area (TPSA) is 58.6 Å². The molecular formula is C20H20N2O3. The van der Waals surface area contributed by atoms with Crippen LogP contribution in [0.25, 0.3) is 6.08 Å². The van der Waals surface area contributed by atoms with Crippen LogP contribution in [0.2, 0.25) is 0 Å². The van der Waals surface area contributed by atoms with Gasteiger partial charge >= 0.3 is 0 Å². The van der Waals surface area contributed by atoms with E-state index < -0.39 is 5.91 Å². The lowest BCUT2D eigenvalue weighted by Gasteiger charge is -2.21. The van der Waals surface area contributed by atoms with E-state index in [1.165, 1.54) is 5.01 Å². The van der Waals surface area contributed by atoms with Crippen LogP contribution in [-0.2, 0) is 9.59 Å². The zero-order valence-corrected chi connectivity index (χ0v) is 14.4. The number of amides is 2. The fraction of sp³-hybridized carbons (Fsp3) is 0.200. The van der Waals surface area contributed by atoms with Gasteiger partial charge in [0.25, 0.3) is 11.8 Å². The summed E-state index contributed by atoms with van der Waals surface area (Å²) >= 11 is 0. The Balaban J connectivity index is 1.87. The number of carbonyl (C=O) groups is 2. The number of nitrogens with one attached hydrogen (secondary N) is 1. The zero-order valence-electron chi connectivity index (χ0n) is 14.4. The minimum Gasteiger partial charge on any atom is -0.488 e. The minimum absolute atomic E-state index is 0.0942. The maximum Gasteiger partial charge on any atom is 0.282 e. The molecule has 0 aromatic heterocycles. The predicted octanol–water partition coefficient (Wildman–Crippen LogP) is 3.33. The van der Waals surface area contributed by atoms with Crippen LogP contribution in [0.1, 0.15) is 26.3 Å². The fourth-order valence-electron chi connectivity index (χ4n) is 2.50. The second kappa shape index (κ2) is 6.43. The van der Waals surface area contributed by atoms with Crippen molar-refractivity contribution in [2.75, 3.05) is 5.01 Å². The molecule has 1 aliphatic heterocycles. The van der Waals surface area contributed by atoms with Crippen molar-refractivity contribution >= 4 is 23.6 Å². The molecule has 0 unspecified atom stereocenters. The Kier molecular flexibility index (Phi) is 4.31. The van der Waals surface area contributed by atoms with Crippen molar-refractivity contribution in [1.29, 1.82) is 0 Å². The molecular weight excluding hydrogens is 316 g/mol. The first-order chi connectivity index (χ1) is 11.8. The van der Waals surface area contributed by atoms with Gasteiger partial charge in [0.2, 0.25) is 0 Å². The number of ether oxygens (including phenoxy) is 1. The van der Waals surface area contributed by atoms with Crippen LogP contribution < -0.4 is 15.2 Å². The molecule has 2 amide bonds. The second-order valence-electron chi connectivity index (χ2n) is 6.76. The van der Waals surface area contributed by atoms with E-state index in [9.17, 15) is 9.59 Å². The number of hydrazine groups is 1. The van der Waals surface area contributed by atoms with Gasteiger partial charge in [0.1, 0.15) is 16.9 Å². The van der Waals surface area contributed by atoms with Crippen LogP contribution in [0.3, 0.4) is 0 Å². The van der Waals surface area contributed by atoms with Crippen molar-refractivity contribution in [3.8, 4) is 5.75 Å². The van der Waals surface area contributed by atoms with Crippen molar-refractivity contribution in [2.24, 2.45) is 0 Å². The lowest BCUT2D eigenvalue weighted by molar-refractivity contribution is -0.117. The van der Waals surface area contributed by atoms with E-state index in [0.29, 0.717) is 11.4 Å². The maximum absolute atomic E-state index is 12.6. The number of anilines is 1. The molecule has 0 atom stereocenters. The summed E-state index contributed by atoms with van der Waals surface area (Å²) in [5.41, 5.74) is 3.71. The van der Waals surface area contributed by atoms with Crippen molar-refractivity contribution in [3.63, 3.8) is 0 Å². The Morgan fingerprint density at radius 1 is 1.00 bits per heavy atom. The number of rotatable bonds is 3. The molecule has 0 saturated carbocycles. The highest BCUT2D eigenvalue weighted by Crippen LogP contribution is 2.24. The summed E-state index contributed by atoms with van der Waals surface area (Å²) in [6, 6.07) is 16.3. The molecule has 0 spiro atoms. The molecule has 1 aliphatic rings. The summed E-state index contributed by atoms with van der Waals surface area (Å²) < 4.78 is 5.83. The quantitative estimate of drug-likeness (QED) is 0.691. The van der Waals surface area contributed by atoms with Gasteiger partial charge in [0, 0.05) is 0 Å². The summed E-state index contributed by atoms with van der Waals surface area (Å²) in [6.07, 6.45) is 1.58. The van der Waals surface area contributed by atoms with Gasteiger partial charge in [-0.05, 0) is 56.7 Å². The Morgan fingerprint density at radius 3 is 2.40 bits per heavy atom. The third-order valence-corrected chi connectivity index (χ3v) is 3.50. The summed E-state index contributed by atoms with van der Waals surface area (Å²) in [4.78, 5) is 24.8. The monoisotopic (exact) mass is 336 g/mol. The van der Waals surface area contributed by atoms with Crippen LogP contribution in [0, 0.1) is 0 Å². The van der Waals surface area contributed by atoms with E-state index in [-0.39, 0.29) is 17.1 Å². The highest BCUT2D eigenvalue weighted by Gasteiger charge is 2.34. The minimum atomic E-state index is -0.420. The Bertz CT molecular complexity index is 836. The number of carbonyl (C=O) groups excluding carboxylic acids is 2. The van der Waals surface area contributed by atoms with Crippen LogP contribution in [0.15, 0.2) is 60.2 Å². The number of hydrogen-bond acceptors (Lipinski definition) is 3. The molecule has 5 nitrogen and oxygen atoms in total. The molecule has 2 aromatic carbocycles. The number of hydrogen-bond donors (Lipinski definition) is 1. The maximum atomic E-state index is 12.6. The SMILES string of the molecule is CC(C)(C)Oc1cccc(/C=C2/C(=O)NN(c3ccccc3)C2=O)c1. The Labute approximate surface area is 146 Å². The zero-order chi connectivity index (χ0) is 18.0. The first-order valence-corrected chi connectivity index (χ1v) is 8.05. The Morgan fingerprint density at radius 2 is 1.72 bits per heavy atom. The average molecular weight is 336 g/mol. The van der Waals surface area contributed by atoms with E-state index in [4.69, 9.17) is 4.74 Å². The van der Waals surface area contributed by atoms with Gasteiger partial charge in [-0.25, -0.2) is 5.01 Å². The van der Waals surface area contributed by atoms with Gasteiger partial charge in [-0.1, -0.05) is 30.3 Å². The summed E-state index contributed by atoms with van der Waals surface area (Å²) in [6.45, 7) is 5.89. The van der Waals surface area contributed by atoms with E-state index in [1.807, 2.05) is 63.2 Å². The van der Waals surface area contributed by atoms with E-state index in [0.717, 1.165) is 5.56 Å². The highest BCUT2D eigenvalue weighted by molar-refractivity contribution is 6.31. The number of para-hydroxylation sites is 1. The summed E-state index contributed by atoms with van der Waals surface area (Å²) in [5.74, 6) is -0.109. The Hall–Kier alpha value is -3.08. The molecule has 1 saturated heterocycles. The lowest BCUT2D eigenvalue weighted by atomic mass is 10.1. The molecule has 128 valence electrons. The molecule has 0 bridgehead atoms. The standard InChI is InChI=1S/C20H20N2O3/c1-20(2,3)25-16-11-7-8-14(12-16)13-17-18(23)21-22(19(17)24)15-9-5-4-6-10-15/h4-13H,1-3H3,(H,21,23)/b17-13-. The molecule has 0 aliphatic carbocycles. The molecule has 1 fully saturated rings. The van der Waals surface area contributed by atoms with Crippen LogP contribution >= 0.6 is 0 Å². The van der Waals surface area contributed by atoms with Crippen LogP contribution in [0.5, 0.6) is 5.75 Å². The molecule has 2 aromatic rings. The van der Waals surface area contributed by atoms with Crippen molar-refractivity contribution < 1.29 is 14.3 Å². The van der Waals surface area contributed by atoms with Crippen molar-refractivity contribution in [2.45, 2.75) is 26.4 Å². The van der Waals surface area contributed by atoms with Gasteiger partial charge in [-0.2, -0.15) is 0 Å². The van der Waals surface area contributed by atoms with Gasteiger partial charge in [-0.15, -0.1) is 0 Å². The van der Waals surface area contributed by atoms with Crippen LogP contribution in [-0.4, -0.2) is 17.4 Å². The number of benzene rings is 2. The van der Waals surface area contributed by atoms with E-state index in [2.05, 4.69) is 5.43 Å². The largest absolute Gasteiger partial charge is 0.488 e. The van der Waals surface area contributed by atoms with Gasteiger partial charge in [0.05, 0.1) is 5.69 Å². The smallest absolute Gasteiger partial charge is 0.282 e. The predicted molar refractivity (Wildman–Crippen MR) is 96.9 cm³/mol. The van der Waals surface area contributed by atoms with E-state index >= 15 is 0 Å².